The Bertz CT molecular complexity index is 869. The van der Waals surface area contributed by atoms with Crippen molar-refractivity contribution in [2.75, 3.05) is 13.2 Å². The molecule has 0 spiro atoms. The number of hydrogen-bond donors (Lipinski definition) is 0. The summed E-state index contributed by atoms with van der Waals surface area (Å²) in [7, 11) is 0. The van der Waals surface area contributed by atoms with Crippen molar-refractivity contribution in [3.8, 4) is 0 Å². The molecule has 2 aliphatic rings. The summed E-state index contributed by atoms with van der Waals surface area (Å²) in [6.45, 7) is 1.18. The van der Waals surface area contributed by atoms with Crippen molar-refractivity contribution in [2.45, 2.75) is 25.1 Å². The van der Waals surface area contributed by atoms with Crippen LogP contribution in [0.2, 0.25) is 10.0 Å². The summed E-state index contributed by atoms with van der Waals surface area (Å²) in [5.74, 6) is 0. The van der Waals surface area contributed by atoms with Crippen LogP contribution in [0.4, 0.5) is 4.79 Å². The van der Waals surface area contributed by atoms with Gasteiger partial charge in [0.1, 0.15) is 6.61 Å². The van der Waals surface area contributed by atoms with Gasteiger partial charge in [-0.1, -0.05) is 71.7 Å². The van der Waals surface area contributed by atoms with E-state index >= 15 is 0 Å². The van der Waals surface area contributed by atoms with Gasteiger partial charge in [-0.05, 0) is 29.2 Å². The minimum absolute atomic E-state index is 0.0814. The predicted molar refractivity (Wildman–Crippen MR) is 106 cm³/mol. The number of rotatable bonds is 3. The van der Waals surface area contributed by atoms with Crippen molar-refractivity contribution in [1.82, 2.24) is 4.90 Å². The lowest BCUT2D eigenvalue weighted by Crippen LogP contribution is -2.56. The molecule has 2 atom stereocenters. The molecule has 27 heavy (non-hydrogen) atoms. The van der Waals surface area contributed by atoms with Crippen molar-refractivity contribution in [1.29, 1.82) is 0 Å². The number of halogens is 2. The molecule has 0 saturated carbocycles. The van der Waals surface area contributed by atoms with Crippen LogP contribution in [0.5, 0.6) is 0 Å². The average Bonchev–Trinajstić information content (AvgIpc) is 2.68. The van der Waals surface area contributed by atoms with Gasteiger partial charge in [0.25, 0.3) is 0 Å². The van der Waals surface area contributed by atoms with Gasteiger partial charge in [-0.15, -0.1) is 0 Å². The molecule has 6 heteroatoms. The highest BCUT2D eigenvalue weighted by molar-refractivity contribution is 6.43. The van der Waals surface area contributed by atoms with Crippen molar-refractivity contribution in [3.05, 3.63) is 75.8 Å². The van der Waals surface area contributed by atoms with E-state index in [9.17, 15) is 4.79 Å². The third-order valence-electron chi connectivity index (χ3n) is 4.91. The highest BCUT2D eigenvalue weighted by atomic mass is 35.5. The van der Waals surface area contributed by atoms with E-state index in [0.717, 1.165) is 16.7 Å². The fourth-order valence-corrected chi connectivity index (χ4v) is 4.05. The van der Waals surface area contributed by atoms with Gasteiger partial charge in [-0.2, -0.15) is 0 Å². The lowest BCUT2D eigenvalue weighted by Gasteiger charge is -2.43. The zero-order valence-corrected chi connectivity index (χ0v) is 16.1. The van der Waals surface area contributed by atoms with E-state index < -0.39 is 0 Å². The quantitative estimate of drug-likeness (QED) is 0.707. The van der Waals surface area contributed by atoms with E-state index in [0.29, 0.717) is 29.7 Å². The maximum atomic E-state index is 12.7. The fourth-order valence-electron chi connectivity index (χ4n) is 3.63. The molecular formula is C21H19Cl2NO3. The summed E-state index contributed by atoms with van der Waals surface area (Å²) in [5, 5.41) is 1.07. The molecule has 0 aliphatic carbocycles. The molecular weight excluding hydrogens is 385 g/mol. The van der Waals surface area contributed by atoms with Crippen LogP contribution in [0.15, 0.2) is 54.6 Å². The van der Waals surface area contributed by atoms with Gasteiger partial charge in [-0.3, -0.25) is 4.90 Å². The van der Waals surface area contributed by atoms with Crippen LogP contribution in [0.25, 0.3) is 5.57 Å². The molecule has 4 nitrogen and oxygen atoms in total. The predicted octanol–water partition coefficient (Wildman–Crippen LogP) is 5.19. The van der Waals surface area contributed by atoms with E-state index in [-0.39, 0.29) is 24.8 Å². The van der Waals surface area contributed by atoms with Crippen LogP contribution in [-0.4, -0.2) is 36.3 Å². The number of carbonyl (C=O) groups is 1. The van der Waals surface area contributed by atoms with Gasteiger partial charge in [0, 0.05) is 0 Å². The maximum absolute atomic E-state index is 12.7. The summed E-state index contributed by atoms with van der Waals surface area (Å²) in [6.07, 6.45) is 2.37. The van der Waals surface area contributed by atoms with Gasteiger partial charge < -0.3 is 9.47 Å². The molecule has 2 bridgehead atoms. The first-order valence-electron chi connectivity index (χ1n) is 8.85. The molecule has 4 rings (SSSR count). The zero-order chi connectivity index (χ0) is 18.8. The number of fused-ring (bicyclic) bond motifs is 2. The topological polar surface area (TPSA) is 38.8 Å². The normalized spacial score (nSPS) is 21.6. The third-order valence-corrected chi connectivity index (χ3v) is 5.73. The Morgan fingerprint density at radius 1 is 1.11 bits per heavy atom. The molecule has 2 unspecified atom stereocenters. The first-order valence-corrected chi connectivity index (χ1v) is 9.61. The Kier molecular flexibility index (Phi) is 5.39. The molecule has 1 amide bonds. The van der Waals surface area contributed by atoms with Crippen molar-refractivity contribution in [3.63, 3.8) is 0 Å². The minimum Gasteiger partial charge on any atom is -0.445 e. The first-order chi connectivity index (χ1) is 13.1. The second-order valence-electron chi connectivity index (χ2n) is 6.70. The van der Waals surface area contributed by atoms with E-state index in [1.165, 1.54) is 0 Å². The molecule has 2 aromatic rings. The van der Waals surface area contributed by atoms with Gasteiger partial charge >= 0.3 is 6.09 Å². The van der Waals surface area contributed by atoms with E-state index in [1.807, 2.05) is 48.5 Å². The van der Waals surface area contributed by atoms with Crippen molar-refractivity contribution in [2.24, 2.45) is 0 Å². The SMILES string of the molecule is O=C(OCc1ccccc1)N1C2C=C(c3cccc(Cl)c3Cl)CC1COC2. The molecule has 0 N–H and O–H groups in total. The van der Waals surface area contributed by atoms with Crippen LogP contribution in [0.1, 0.15) is 17.5 Å². The average molecular weight is 404 g/mol. The zero-order valence-electron chi connectivity index (χ0n) is 14.6. The fraction of sp³-hybridized carbons (Fsp3) is 0.286. The van der Waals surface area contributed by atoms with E-state index in [4.69, 9.17) is 32.7 Å². The largest absolute Gasteiger partial charge is 0.445 e. The Morgan fingerprint density at radius 3 is 2.70 bits per heavy atom. The number of ether oxygens (including phenoxy) is 2. The van der Waals surface area contributed by atoms with Gasteiger partial charge in [-0.25, -0.2) is 4.79 Å². The van der Waals surface area contributed by atoms with Gasteiger partial charge in [0.15, 0.2) is 0 Å². The second-order valence-corrected chi connectivity index (χ2v) is 7.49. The molecule has 2 aromatic carbocycles. The summed E-state index contributed by atoms with van der Waals surface area (Å²) < 4.78 is 11.2. The van der Waals surface area contributed by atoms with Crippen LogP contribution in [0.3, 0.4) is 0 Å². The summed E-state index contributed by atoms with van der Waals surface area (Å²) >= 11 is 12.6. The van der Waals surface area contributed by atoms with Gasteiger partial charge in [0.2, 0.25) is 0 Å². The number of carbonyl (C=O) groups excluding carboxylic acids is 1. The van der Waals surface area contributed by atoms with Crippen molar-refractivity contribution >= 4 is 34.9 Å². The Hall–Kier alpha value is -2.01. The molecule has 1 saturated heterocycles. The lowest BCUT2D eigenvalue weighted by molar-refractivity contribution is -0.0342. The minimum atomic E-state index is -0.315. The number of nitrogens with zero attached hydrogens (tertiary/aromatic N) is 1. The monoisotopic (exact) mass is 403 g/mol. The smallest absolute Gasteiger partial charge is 0.411 e. The first kappa shape index (κ1) is 18.4. The van der Waals surface area contributed by atoms with Crippen molar-refractivity contribution < 1.29 is 14.3 Å². The van der Waals surface area contributed by atoms with Crippen LogP contribution >= 0.6 is 23.2 Å². The molecule has 0 aromatic heterocycles. The summed E-state index contributed by atoms with van der Waals surface area (Å²) in [4.78, 5) is 14.5. The van der Waals surface area contributed by atoms with Crippen LogP contribution < -0.4 is 0 Å². The standard InChI is InChI=1S/C21H19Cl2NO3/c22-19-8-4-7-18(20(19)23)15-9-16-12-26-13-17(10-15)24(16)21(25)27-11-14-5-2-1-3-6-14/h1-9,16-17H,10-13H2. The highest BCUT2D eigenvalue weighted by Crippen LogP contribution is 2.38. The number of hydrogen-bond acceptors (Lipinski definition) is 3. The van der Waals surface area contributed by atoms with Gasteiger partial charge in [0.05, 0.1) is 35.3 Å². The van der Waals surface area contributed by atoms with Crippen LogP contribution in [0, 0.1) is 0 Å². The lowest BCUT2D eigenvalue weighted by atomic mass is 9.90. The molecule has 1 fully saturated rings. The number of amides is 1. The number of benzene rings is 2. The maximum Gasteiger partial charge on any atom is 0.411 e. The second kappa shape index (κ2) is 7.93. The Morgan fingerprint density at radius 2 is 1.93 bits per heavy atom. The third kappa shape index (κ3) is 3.84. The highest BCUT2D eigenvalue weighted by Gasteiger charge is 2.39. The van der Waals surface area contributed by atoms with Crippen LogP contribution in [-0.2, 0) is 16.1 Å². The molecule has 2 aliphatic heterocycles. The molecule has 0 radical (unpaired) electrons. The Labute approximate surface area is 168 Å². The summed E-state index contributed by atoms with van der Waals surface area (Å²) in [6, 6.07) is 15.0. The molecule has 140 valence electrons. The Balaban J connectivity index is 1.53. The van der Waals surface area contributed by atoms with E-state index in [1.54, 1.807) is 11.0 Å². The molecule has 2 heterocycles. The van der Waals surface area contributed by atoms with E-state index in [2.05, 4.69) is 0 Å². The summed E-state index contributed by atoms with van der Waals surface area (Å²) in [5.41, 5.74) is 2.97. The number of morpholine rings is 1.